The first-order valence-electron chi connectivity index (χ1n) is 10.4. The predicted molar refractivity (Wildman–Crippen MR) is 114 cm³/mol. The zero-order chi connectivity index (χ0) is 19.8. The zero-order valence-electron chi connectivity index (χ0n) is 16.3. The first-order chi connectivity index (χ1) is 14.2. The molecule has 6 heteroatoms. The molecular formula is C23H24N4O2. The van der Waals surface area contributed by atoms with Crippen molar-refractivity contribution in [3.8, 4) is 5.69 Å². The maximum atomic E-state index is 13.5. The molecule has 1 aliphatic carbocycles. The van der Waals surface area contributed by atoms with E-state index < -0.39 is 0 Å². The second-order valence-electron chi connectivity index (χ2n) is 7.92. The van der Waals surface area contributed by atoms with Gasteiger partial charge in [-0.2, -0.15) is 0 Å². The quantitative estimate of drug-likeness (QED) is 0.745. The third-order valence-electron chi connectivity index (χ3n) is 5.68. The molecule has 1 amide bonds. The van der Waals surface area contributed by atoms with Crippen LogP contribution in [-0.2, 0) is 0 Å². The fourth-order valence-corrected chi connectivity index (χ4v) is 3.93. The van der Waals surface area contributed by atoms with Crippen molar-refractivity contribution in [3.63, 3.8) is 0 Å². The third-order valence-corrected chi connectivity index (χ3v) is 5.68. The Hall–Kier alpha value is -3.15. The Labute approximate surface area is 169 Å². The molecule has 0 spiro atoms. The molecule has 1 N–H and O–H groups in total. The van der Waals surface area contributed by atoms with Crippen molar-refractivity contribution in [2.24, 2.45) is 0 Å². The van der Waals surface area contributed by atoms with Crippen molar-refractivity contribution < 1.29 is 4.79 Å². The second kappa shape index (κ2) is 7.35. The summed E-state index contributed by atoms with van der Waals surface area (Å²) in [5, 5.41) is 3.53. The lowest BCUT2D eigenvalue weighted by Crippen LogP contribution is -2.36. The van der Waals surface area contributed by atoms with E-state index in [-0.39, 0.29) is 11.5 Å². The SMILES string of the molecule is O=C(NC1CC1)c1ccc2c(=O)n(-c3ccccc3)c(N3CCCCC3)nc2c1. The molecule has 5 rings (SSSR count). The summed E-state index contributed by atoms with van der Waals surface area (Å²) in [4.78, 5) is 33.0. The van der Waals surface area contributed by atoms with Crippen molar-refractivity contribution in [1.29, 1.82) is 0 Å². The monoisotopic (exact) mass is 388 g/mol. The molecule has 6 nitrogen and oxygen atoms in total. The number of aromatic nitrogens is 2. The van der Waals surface area contributed by atoms with Gasteiger partial charge >= 0.3 is 0 Å². The first-order valence-corrected chi connectivity index (χ1v) is 10.4. The normalized spacial score (nSPS) is 16.8. The van der Waals surface area contributed by atoms with Crippen LogP contribution in [-0.4, -0.2) is 34.6 Å². The van der Waals surface area contributed by atoms with Crippen LogP contribution in [0.1, 0.15) is 42.5 Å². The summed E-state index contributed by atoms with van der Waals surface area (Å²) in [5.41, 5.74) is 1.84. The summed E-state index contributed by atoms with van der Waals surface area (Å²) in [5.74, 6) is 0.566. The van der Waals surface area contributed by atoms with Crippen LogP contribution in [0.5, 0.6) is 0 Å². The standard InChI is InChI=1S/C23H24N4O2/c28-21(24-17-10-11-17)16-9-12-19-20(15-16)25-23(26-13-5-2-6-14-26)27(22(19)29)18-7-3-1-4-8-18/h1,3-4,7-9,12,15,17H,2,5-6,10-11,13-14H2,(H,24,28). The molecule has 0 unspecified atom stereocenters. The van der Waals surface area contributed by atoms with Gasteiger partial charge in [0.05, 0.1) is 16.6 Å². The third kappa shape index (κ3) is 3.50. The highest BCUT2D eigenvalue weighted by Crippen LogP contribution is 2.24. The number of hydrogen-bond donors (Lipinski definition) is 1. The maximum Gasteiger partial charge on any atom is 0.267 e. The minimum atomic E-state index is -0.101. The van der Waals surface area contributed by atoms with Crippen LogP contribution in [0.25, 0.3) is 16.6 Å². The van der Waals surface area contributed by atoms with Crippen LogP contribution in [0.3, 0.4) is 0 Å². The van der Waals surface area contributed by atoms with E-state index in [1.165, 1.54) is 6.42 Å². The van der Waals surface area contributed by atoms with Gasteiger partial charge in [0, 0.05) is 24.7 Å². The fraction of sp³-hybridized carbons (Fsp3) is 0.348. The van der Waals surface area contributed by atoms with Gasteiger partial charge in [-0.1, -0.05) is 18.2 Å². The fourth-order valence-electron chi connectivity index (χ4n) is 3.93. The largest absolute Gasteiger partial charge is 0.349 e. The van der Waals surface area contributed by atoms with Crippen LogP contribution in [0, 0.1) is 0 Å². The number of hydrogen-bond acceptors (Lipinski definition) is 4. The molecule has 3 aromatic rings. The molecule has 148 valence electrons. The molecule has 1 aliphatic heterocycles. The van der Waals surface area contributed by atoms with E-state index in [9.17, 15) is 9.59 Å². The molecule has 2 aliphatic rings. The Bertz CT molecular complexity index is 1110. The van der Waals surface area contributed by atoms with E-state index >= 15 is 0 Å². The lowest BCUT2D eigenvalue weighted by Gasteiger charge is -2.30. The molecule has 1 saturated carbocycles. The number of anilines is 1. The number of amides is 1. The van der Waals surface area contributed by atoms with Crippen molar-refractivity contribution in [2.45, 2.75) is 38.1 Å². The molecule has 29 heavy (non-hydrogen) atoms. The van der Waals surface area contributed by atoms with Gasteiger partial charge in [0.2, 0.25) is 5.95 Å². The number of para-hydroxylation sites is 1. The van der Waals surface area contributed by atoms with Gasteiger partial charge in [-0.25, -0.2) is 9.55 Å². The van der Waals surface area contributed by atoms with Gasteiger partial charge < -0.3 is 10.2 Å². The molecule has 2 heterocycles. The zero-order valence-corrected chi connectivity index (χ0v) is 16.3. The molecule has 1 saturated heterocycles. The minimum absolute atomic E-state index is 0.0945. The van der Waals surface area contributed by atoms with Crippen molar-refractivity contribution in [1.82, 2.24) is 14.9 Å². The van der Waals surface area contributed by atoms with Crippen molar-refractivity contribution in [2.75, 3.05) is 18.0 Å². The number of rotatable bonds is 4. The Morgan fingerprint density at radius 2 is 1.76 bits per heavy atom. The van der Waals surface area contributed by atoms with Gasteiger partial charge in [-0.3, -0.25) is 9.59 Å². The van der Waals surface area contributed by atoms with Gasteiger partial charge in [0.1, 0.15) is 0 Å². The number of carbonyl (C=O) groups is 1. The van der Waals surface area contributed by atoms with Gasteiger partial charge in [0.25, 0.3) is 11.5 Å². The van der Waals surface area contributed by atoms with Crippen LogP contribution in [0.2, 0.25) is 0 Å². The Morgan fingerprint density at radius 3 is 2.48 bits per heavy atom. The smallest absolute Gasteiger partial charge is 0.267 e. The molecule has 1 aromatic heterocycles. The maximum absolute atomic E-state index is 13.5. The number of nitrogens with one attached hydrogen (secondary N) is 1. The summed E-state index contributed by atoms with van der Waals surface area (Å²) in [6.45, 7) is 1.76. The summed E-state index contributed by atoms with van der Waals surface area (Å²) in [7, 11) is 0. The number of nitrogens with zero attached hydrogens (tertiary/aromatic N) is 3. The highest BCUT2D eigenvalue weighted by atomic mass is 16.2. The Balaban J connectivity index is 1.66. The van der Waals surface area contributed by atoms with E-state index in [1.807, 2.05) is 30.3 Å². The van der Waals surface area contributed by atoms with E-state index in [4.69, 9.17) is 4.98 Å². The van der Waals surface area contributed by atoms with Crippen LogP contribution in [0.15, 0.2) is 53.3 Å². The highest BCUT2D eigenvalue weighted by Gasteiger charge is 2.25. The molecule has 2 aromatic carbocycles. The van der Waals surface area contributed by atoms with Crippen molar-refractivity contribution in [3.05, 3.63) is 64.4 Å². The van der Waals surface area contributed by atoms with Crippen LogP contribution >= 0.6 is 0 Å². The highest BCUT2D eigenvalue weighted by molar-refractivity contribution is 5.98. The first kappa shape index (κ1) is 17.9. The van der Waals surface area contributed by atoms with Crippen LogP contribution in [0.4, 0.5) is 5.95 Å². The molecule has 0 radical (unpaired) electrons. The molecule has 0 atom stereocenters. The number of fused-ring (bicyclic) bond motifs is 1. The summed E-state index contributed by atoms with van der Waals surface area (Å²) in [6, 6.07) is 15.1. The van der Waals surface area contributed by atoms with Crippen molar-refractivity contribution >= 4 is 22.8 Å². The predicted octanol–water partition coefficient (Wildman–Crippen LogP) is 3.27. The van der Waals surface area contributed by atoms with Gasteiger partial charge in [-0.15, -0.1) is 0 Å². The molecular weight excluding hydrogens is 364 g/mol. The van der Waals surface area contributed by atoms with Crippen LogP contribution < -0.4 is 15.8 Å². The Kier molecular flexibility index (Phi) is 4.54. The summed E-state index contributed by atoms with van der Waals surface area (Å²) < 4.78 is 1.71. The van der Waals surface area contributed by atoms with E-state index in [0.29, 0.717) is 28.5 Å². The van der Waals surface area contributed by atoms with E-state index in [0.717, 1.165) is 44.5 Å². The average Bonchev–Trinajstić information content (AvgIpc) is 3.58. The molecule has 2 fully saturated rings. The lowest BCUT2D eigenvalue weighted by molar-refractivity contribution is 0.0951. The number of piperidine rings is 1. The summed E-state index contributed by atoms with van der Waals surface area (Å²) >= 11 is 0. The van der Waals surface area contributed by atoms with E-state index in [2.05, 4.69) is 10.2 Å². The Morgan fingerprint density at radius 1 is 1.00 bits per heavy atom. The van der Waals surface area contributed by atoms with E-state index in [1.54, 1.807) is 22.8 Å². The molecule has 0 bridgehead atoms. The average molecular weight is 388 g/mol. The van der Waals surface area contributed by atoms with Gasteiger partial charge in [0.15, 0.2) is 0 Å². The number of benzene rings is 2. The summed E-state index contributed by atoms with van der Waals surface area (Å²) in [6.07, 6.45) is 5.46. The lowest BCUT2D eigenvalue weighted by atomic mass is 10.1. The van der Waals surface area contributed by atoms with Gasteiger partial charge in [-0.05, 0) is 62.4 Å². The second-order valence-corrected chi connectivity index (χ2v) is 7.92. The minimum Gasteiger partial charge on any atom is -0.349 e. The topological polar surface area (TPSA) is 67.2 Å². The number of carbonyl (C=O) groups excluding carboxylic acids is 1.